The first kappa shape index (κ1) is 21.2. The Morgan fingerprint density at radius 3 is 2.67 bits per heavy atom. The fraction of sp³-hybridized carbons (Fsp3) is 0.250. The van der Waals surface area contributed by atoms with Crippen molar-refractivity contribution in [3.05, 3.63) is 71.7 Å². The second kappa shape index (κ2) is 9.70. The summed E-state index contributed by atoms with van der Waals surface area (Å²) in [6.07, 6.45) is -0.842. The number of hydrogen-bond donors (Lipinski definition) is 3. The summed E-state index contributed by atoms with van der Waals surface area (Å²) in [5.41, 5.74) is 1.35. The number of nitrogens with one attached hydrogen (secondary N) is 2. The van der Waals surface area contributed by atoms with Gasteiger partial charge in [0.25, 0.3) is 0 Å². The smallest absolute Gasteiger partial charge is 0.191 e. The van der Waals surface area contributed by atoms with Crippen LogP contribution in [0.25, 0.3) is 11.0 Å². The molecule has 7 heteroatoms. The molecule has 5 nitrogen and oxygen atoms in total. The molecule has 27 heavy (non-hydrogen) atoms. The Balaban J connectivity index is 0.00000261. The highest BCUT2D eigenvalue weighted by Crippen LogP contribution is 2.23. The molecule has 0 spiro atoms. The number of aliphatic hydroxyl groups is 1. The predicted octanol–water partition coefficient (Wildman–Crippen LogP) is 4.15. The van der Waals surface area contributed by atoms with E-state index in [1.165, 1.54) is 12.1 Å². The SMILES string of the molecule is CN=C(NCC(O)c1cccc(F)c1)NC(C)c1cc2ccccc2o1.I. The third-order valence-corrected chi connectivity index (χ3v) is 4.14. The Morgan fingerprint density at radius 2 is 1.96 bits per heavy atom. The number of benzene rings is 2. The summed E-state index contributed by atoms with van der Waals surface area (Å²) in [6, 6.07) is 15.6. The highest BCUT2D eigenvalue weighted by molar-refractivity contribution is 14.0. The first-order valence-corrected chi connectivity index (χ1v) is 8.46. The zero-order chi connectivity index (χ0) is 18.5. The number of hydrogen-bond acceptors (Lipinski definition) is 3. The molecule has 1 heterocycles. The minimum atomic E-state index is -0.842. The van der Waals surface area contributed by atoms with Crippen molar-refractivity contribution in [1.29, 1.82) is 0 Å². The lowest BCUT2D eigenvalue weighted by Crippen LogP contribution is -2.40. The van der Waals surface area contributed by atoms with Gasteiger partial charge >= 0.3 is 0 Å². The molecule has 144 valence electrons. The first-order valence-electron chi connectivity index (χ1n) is 8.46. The highest BCUT2D eigenvalue weighted by Gasteiger charge is 2.14. The van der Waals surface area contributed by atoms with Crippen molar-refractivity contribution < 1.29 is 13.9 Å². The van der Waals surface area contributed by atoms with Gasteiger partial charge in [-0.2, -0.15) is 0 Å². The van der Waals surface area contributed by atoms with Crippen molar-refractivity contribution >= 4 is 40.9 Å². The van der Waals surface area contributed by atoms with Gasteiger partial charge in [0.05, 0.1) is 12.1 Å². The molecule has 0 aliphatic rings. The monoisotopic (exact) mass is 483 g/mol. The van der Waals surface area contributed by atoms with E-state index in [1.807, 2.05) is 37.3 Å². The maximum Gasteiger partial charge on any atom is 0.191 e. The Bertz CT molecular complexity index is 880. The second-order valence-corrected chi connectivity index (χ2v) is 6.08. The first-order chi connectivity index (χ1) is 12.6. The molecule has 1 aromatic heterocycles. The number of para-hydroxylation sites is 1. The van der Waals surface area contributed by atoms with Crippen LogP contribution in [-0.2, 0) is 0 Å². The van der Waals surface area contributed by atoms with E-state index in [-0.39, 0.29) is 42.4 Å². The van der Waals surface area contributed by atoms with Crippen molar-refractivity contribution in [1.82, 2.24) is 10.6 Å². The molecule has 0 saturated carbocycles. The third kappa shape index (κ3) is 5.43. The molecule has 0 bridgehead atoms. The van der Waals surface area contributed by atoms with Gasteiger partial charge in [-0.05, 0) is 36.8 Å². The van der Waals surface area contributed by atoms with E-state index in [0.29, 0.717) is 11.5 Å². The van der Waals surface area contributed by atoms with E-state index in [1.54, 1.807) is 19.2 Å². The fourth-order valence-corrected chi connectivity index (χ4v) is 2.71. The van der Waals surface area contributed by atoms with E-state index >= 15 is 0 Å². The molecule has 2 atom stereocenters. The number of furan rings is 1. The number of guanidine groups is 1. The van der Waals surface area contributed by atoms with Gasteiger partial charge in [-0.3, -0.25) is 4.99 Å². The maximum absolute atomic E-state index is 13.3. The van der Waals surface area contributed by atoms with Gasteiger partial charge in [-0.1, -0.05) is 30.3 Å². The Kier molecular flexibility index (Phi) is 7.61. The van der Waals surface area contributed by atoms with Crippen LogP contribution < -0.4 is 10.6 Å². The molecule has 2 unspecified atom stereocenters. The normalized spacial score (nSPS) is 13.7. The van der Waals surface area contributed by atoms with Crippen LogP contribution in [0.1, 0.15) is 30.4 Å². The number of rotatable bonds is 5. The van der Waals surface area contributed by atoms with Gasteiger partial charge in [-0.25, -0.2) is 4.39 Å². The van der Waals surface area contributed by atoms with Crippen molar-refractivity contribution in [2.45, 2.75) is 19.1 Å². The maximum atomic E-state index is 13.3. The lowest BCUT2D eigenvalue weighted by Gasteiger charge is -2.18. The lowest BCUT2D eigenvalue weighted by atomic mass is 10.1. The average molecular weight is 483 g/mol. The molecule has 2 aromatic carbocycles. The summed E-state index contributed by atoms with van der Waals surface area (Å²) in [5, 5.41) is 17.5. The van der Waals surface area contributed by atoms with Crippen LogP contribution in [0.5, 0.6) is 0 Å². The van der Waals surface area contributed by atoms with Crippen LogP contribution in [0, 0.1) is 5.82 Å². The van der Waals surface area contributed by atoms with Crippen LogP contribution in [0.15, 0.2) is 64.0 Å². The lowest BCUT2D eigenvalue weighted by molar-refractivity contribution is 0.180. The van der Waals surface area contributed by atoms with Crippen LogP contribution in [0.4, 0.5) is 4.39 Å². The molecule has 0 aliphatic heterocycles. The number of halogens is 2. The number of nitrogens with zero attached hydrogens (tertiary/aromatic N) is 1. The second-order valence-electron chi connectivity index (χ2n) is 6.08. The summed E-state index contributed by atoms with van der Waals surface area (Å²) in [5.74, 6) is 0.941. The summed E-state index contributed by atoms with van der Waals surface area (Å²) >= 11 is 0. The van der Waals surface area contributed by atoms with Crippen molar-refractivity contribution in [3.8, 4) is 0 Å². The summed E-state index contributed by atoms with van der Waals surface area (Å²) in [7, 11) is 1.65. The molecule has 0 radical (unpaired) electrons. The predicted molar refractivity (Wildman–Crippen MR) is 116 cm³/mol. The summed E-state index contributed by atoms with van der Waals surface area (Å²) in [6.45, 7) is 2.17. The van der Waals surface area contributed by atoms with Crippen LogP contribution >= 0.6 is 24.0 Å². The third-order valence-electron chi connectivity index (χ3n) is 4.14. The van der Waals surface area contributed by atoms with E-state index in [2.05, 4.69) is 15.6 Å². The zero-order valence-corrected chi connectivity index (χ0v) is 17.5. The largest absolute Gasteiger partial charge is 0.459 e. The van der Waals surface area contributed by atoms with Gasteiger partial charge < -0.3 is 20.2 Å². The molecule has 3 rings (SSSR count). The van der Waals surface area contributed by atoms with Crippen LogP contribution in [-0.4, -0.2) is 24.7 Å². The van der Waals surface area contributed by atoms with Crippen LogP contribution in [0.3, 0.4) is 0 Å². The quantitative estimate of drug-likeness (QED) is 0.290. The van der Waals surface area contributed by atoms with Gasteiger partial charge in [0.15, 0.2) is 5.96 Å². The van der Waals surface area contributed by atoms with E-state index in [0.717, 1.165) is 16.7 Å². The molecule has 3 N–H and O–H groups in total. The van der Waals surface area contributed by atoms with E-state index in [9.17, 15) is 9.50 Å². The molecular weight excluding hydrogens is 460 g/mol. The average Bonchev–Trinajstić information content (AvgIpc) is 3.09. The van der Waals surface area contributed by atoms with Gasteiger partial charge in [0.2, 0.25) is 0 Å². The van der Waals surface area contributed by atoms with Gasteiger partial charge in [-0.15, -0.1) is 24.0 Å². The standard InChI is InChI=1S/C20H22FN3O2.HI/c1-13(19-11-15-6-3-4-9-18(15)26-19)24-20(22-2)23-12-17(25)14-7-5-8-16(21)10-14;/h3-11,13,17,25H,12H2,1-2H3,(H2,22,23,24);1H. The molecule has 3 aromatic rings. The fourth-order valence-electron chi connectivity index (χ4n) is 2.71. The molecule has 0 amide bonds. The molecule has 0 aliphatic carbocycles. The van der Waals surface area contributed by atoms with E-state index in [4.69, 9.17) is 4.42 Å². The topological polar surface area (TPSA) is 69.8 Å². The number of fused-ring (bicyclic) bond motifs is 1. The summed E-state index contributed by atoms with van der Waals surface area (Å²) in [4.78, 5) is 4.16. The Labute approximate surface area is 174 Å². The highest BCUT2D eigenvalue weighted by atomic mass is 127. The minimum absolute atomic E-state index is 0. The van der Waals surface area contributed by atoms with Crippen molar-refractivity contribution in [2.24, 2.45) is 4.99 Å². The van der Waals surface area contributed by atoms with Gasteiger partial charge in [0, 0.05) is 19.0 Å². The molecule has 0 saturated heterocycles. The molecule has 0 fully saturated rings. The zero-order valence-electron chi connectivity index (χ0n) is 15.1. The summed E-state index contributed by atoms with van der Waals surface area (Å²) < 4.78 is 19.1. The van der Waals surface area contributed by atoms with Crippen LogP contribution in [0.2, 0.25) is 0 Å². The Hall–Kier alpha value is -2.13. The van der Waals surface area contributed by atoms with Crippen molar-refractivity contribution in [2.75, 3.05) is 13.6 Å². The number of aliphatic hydroxyl groups excluding tert-OH is 1. The Morgan fingerprint density at radius 1 is 1.19 bits per heavy atom. The number of aliphatic imine (C=N–C) groups is 1. The van der Waals surface area contributed by atoms with Crippen molar-refractivity contribution in [3.63, 3.8) is 0 Å². The van der Waals surface area contributed by atoms with Gasteiger partial charge in [0.1, 0.15) is 17.2 Å². The van der Waals surface area contributed by atoms with E-state index < -0.39 is 6.10 Å². The minimum Gasteiger partial charge on any atom is -0.459 e. The molecular formula is C20H23FIN3O2.